The van der Waals surface area contributed by atoms with Crippen LogP contribution in [-0.4, -0.2) is 32.7 Å². The maximum Gasteiger partial charge on any atom is 0.239 e. The van der Waals surface area contributed by atoms with Crippen LogP contribution in [0.5, 0.6) is 0 Å². The van der Waals surface area contributed by atoms with Gasteiger partial charge in [-0.3, -0.25) is 9.69 Å². The molecule has 31 heavy (non-hydrogen) atoms. The highest BCUT2D eigenvalue weighted by Gasteiger charge is 2.20. The molecule has 0 bridgehead atoms. The normalized spacial score (nSPS) is 10.8. The molecule has 2 aromatic carbocycles. The summed E-state index contributed by atoms with van der Waals surface area (Å²) in [5, 5.41) is 1.41. The highest BCUT2D eigenvalue weighted by molar-refractivity contribution is 8.00. The van der Waals surface area contributed by atoms with Crippen molar-refractivity contribution in [3.8, 4) is 0 Å². The summed E-state index contributed by atoms with van der Waals surface area (Å²) in [7, 11) is 0. The lowest BCUT2D eigenvalue weighted by atomic mass is 10.2. The first-order valence-corrected chi connectivity index (χ1v) is 11.8. The molecule has 0 aliphatic rings. The van der Waals surface area contributed by atoms with E-state index in [9.17, 15) is 4.79 Å². The van der Waals surface area contributed by atoms with E-state index in [4.69, 9.17) is 16.6 Å². The third kappa shape index (κ3) is 6.01. The third-order valence-electron chi connectivity index (χ3n) is 4.63. The number of rotatable bonds is 8. The summed E-state index contributed by atoms with van der Waals surface area (Å²) in [4.78, 5) is 24.9. The number of aryl methyl sites for hydroxylation is 2. The number of thiazole rings is 1. The van der Waals surface area contributed by atoms with Crippen LogP contribution in [0.1, 0.15) is 12.0 Å². The number of carbonyl (C=O) groups is 1. The predicted octanol–water partition coefficient (Wildman–Crippen LogP) is 6.09. The molecule has 0 atom stereocenters. The number of fused-ring (bicyclic) bond motifs is 1. The van der Waals surface area contributed by atoms with Gasteiger partial charge in [-0.15, -0.1) is 24.2 Å². The Morgan fingerprint density at radius 2 is 2.06 bits per heavy atom. The second kappa shape index (κ2) is 11.0. The van der Waals surface area contributed by atoms with Crippen LogP contribution in [0.25, 0.3) is 10.2 Å². The van der Waals surface area contributed by atoms with Gasteiger partial charge in [-0.05, 0) is 43.2 Å². The minimum atomic E-state index is 0. The van der Waals surface area contributed by atoms with E-state index < -0.39 is 0 Å². The third-order valence-corrected chi connectivity index (χ3v) is 6.87. The molecule has 0 saturated carbocycles. The number of nitrogens with zero attached hydrogens (tertiary/aromatic N) is 4. The van der Waals surface area contributed by atoms with Crippen LogP contribution in [0.4, 0.5) is 5.13 Å². The van der Waals surface area contributed by atoms with Crippen LogP contribution >= 0.6 is 47.1 Å². The van der Waals surface area contributed by atoms with Crippen LogP contribution in [0.15, 0.2) is 66.1 Å². The molecule has 162 valence electrons. The quantitative estimate of drug-likeness (QED) is 0.279. The first kappa shape index (κ1) is 23.6. The number of amides is 1. The summed E-state index contributed by atoms with van der Waals surface area (Å²) in [6.45, 7) is 3.39. The lowest BCUT2D eigenvalue weighted by Gasteiger charge is -2.20. The molecule has 9 heteroatoms. The molecule has 0 N–H and O–H groups in total. The van der Waals surface area contributed by atoms with E-state index >= 15 is 0 Å². The SMILES string of the molecule is Cc1cc(Cl)cc2sc(N(CCCn3ccnc3)C(=O)CSc3ccccc3)nc12.Cl. The standard InChI is InChI=1S/C22H21ClN4OS2.ClH/c1-16-12-17(23)13-19-21(16)25-22(30-19)27(10-5-9-26-11-8-24-15-26)20(28)14-29-18-6-3-2-4-7-18;/h2-4,6-8,11-13,15H,5,9-10,14H2,1H3;1H. The maximum absolute atomic E-state index is 13.2. The second-order valence-corrected chi connectivity index (χ2v) is 9.36. The fourth-order valence-electron chi connectivity index (χ4n) is 3.16. The first-order valence-electron chi connectivity index (χ1n) is 9.61. The molecular weight excluding hydrogens is 471 g/mol. The summed E-state index contributed by atoms with van der Waals surface area (Å²) in [6, 6.07) is 13.8. The molecule has 2 heterocycles. The minimum Gasteiger partial charge on any atom is -0.337 e. The smallest absolute Gasteiger partial charge is 0.239 e. The molecule has 1 amide bonds. The topological polar surface area (TPSA) is 51.0 Å². The molecule has 4 rings (SSSR count). The average Bonchev–Trinajstić information content (AvgIpc) is 3.40. The number of halogens is 2. The van der Waals surface area contributed by atoms with E-state index in [2.05, 4.69) is 4.98 Å². The molecule has 0 aliphatic carbocycles. The monoisotopic (exact) mass is 492 g/mol. The van der Waals surface area contributed by atoms with Gasteiger partial charge in [-0.2, -0.15) is 0 Å². The van der Waals surface area contributed by atoms with E-state index in [1.807, 2.05) is 65.1 Å². The Morgan fingerprint density at radius 1 is 1.26 bits per heavy atom. The number of hydrogen-bond donors (Lipinski definition) is 0. The molecular formula is C22H22Cl2N4OS2. The first-order chi connectivity index (χ1) is 14.6. The van der Waals surface area contributed by atoms with Crippen molar-refractivity contribution in [1.29, 1.82) is 0 Å². The Morgan fingerprint density at radius 3 is 2.81 bits per heavy atom. The predicted molar refractivity (Wildman–Crippen MR) is 133 cm³/mol. The maximum atomic E-state index is 13.2. The number of carbonyl (C=O) groups excluding carboxylic acids is 1. The molecule has 0 radical (unpaired) electrons. The molecule has 0 fully saturated rings. The van der Waals surface area contributed by atoms with E-state index in [-0.39, 0.29) is 18.3 Å². The van der Waals surface area contributed by atoms with Gasteiger partial charge >= 0.3 is 0 Å². The number of hydrogen-bond acceptors (Lipinski definition) is 5. The summed E-state index contributed by atoms with van der Waals surface area (Å²) < 4.78 is 3.02. The second-order valence-electron chi connectivity index (χ2n) is 6.87. The van der Waals surface area contributed by atoms with Crippen molar-refractivity contribution < 1.29 is 4.79 Å². The van der Waals surface area contributed by atoms with Crippen molar-refractivity contribution in [2.75, 3.05) is 17.2 Å². The Labute approximate surface area is 200 Å². The van der Waals surface area contributed by atoms with E-state index in [0.29, 0.717) is 17.3 Å². The van der Waals surface area contributed by atoms with Gasteiger partial charge < -0.3 is 4.57 Å². The summed E-state index contributed by atoms with van der Waals surface area (Å²) in [5.41, 5.74) is 1.92. The lowest BCUT2D eigenvalue weighted by Crippen LogP contribution is -2.33. The van der Waals surface area contributed by atoms with E-state index in [1.54, 1.807) is 24.3 Å². The molecule has 0 unspecified atom stereocenters. The van der Waals surface area contributed by atoms with Gasteiger partial charge in [0.15, 0.2) is 5.13 Å². The van der Waals surface area contributed by atoms with Gasteiger partial charge in [0.2, 0.25) is 5.91 Å². The van der Waals surface area contributed by atoms with Crippen molar-refractivity contribution in [2.45, 2.75) is 24.8 Å². The van der Waals surface area contributed by atoms with E-state index in [1.165, 1.54) is 11.3 Å². The molecule has 0 aliphatic heterocycles. The Bertz CT molecular complexity index is 1130. The van der Waals surface area contributed by atoms with Crippen LogP contribution < -0.4 is 4.90 Å². The Balaban J connectivity index is 0.00000272. The number of aromatic nitrogens is 3. The Kier molecular flexibility index (Phi) is 8.37. The highest BCUT2D eigenvalue weighted by Crippen LogP contribution is 2.33. The number of benzene rings is 2. The van der Waals surface area contributed by atoms with Gasteiger partial charge in [0.05, 0.1) is 22.3 Å². The fraction of sp³-hybridized carbons (Fsp3) is 0.227. The van der Waals surface area contributed by atoms with E-state index in [0.717, 1.165) is 38.8 Å². The van der Waals surface area contributed by atoms with Crippen LogP contribution in [-0.2, 0) is 11.3 Å². The number of imidazole rings is 1. The Hall–Kier alpha value is -2.06. The lowest BCUT2D eigenvalue weighted by molar-refractivity contribution is -0.116. The molecule has 0 spiro atoms. The zero-order valence-corrected chi connectivity index (χ0v) is 20.1. The van der Waals surface area contributed by atoms with Crippen LogP contribution in [0, 0.1) is 6.92 Å². The average molecular weight is 493 g/mol. The summed E-state index contributed by atoms with van der Waals surface area (Å²) in [5.74, 6) is 0.419. The van der Waals surface area contributed by atoms with Crippen molar-refractivity contribution in [2.24, 2.45) is 0 Å². The van der Waals surface area contributed by atoms with Crippen molar-refractivity contribution in [3.05, 3.63) is 71.8 Å². The van der Waals surface area contributed by atoms with Gasteiger partial charge in [0.1, 0.15) is 0 Å². The van der Waals surface area contributed by atoms with Crippen molar-refractivity contribution in [3.63, 3.8) is 0 Å². The summed E-state index contributed by atoms with van der Waals surface area (Å²) >= 11 is 9.28. The van der Waals surface area contributed by atoms with Gasteiger partial charge in [-0.1, -0.05) is 41.1 Å². The van der Waals surface area contributed by atoms with Crippen molar-refractivity contribution in [1.82, 2.24) is 14.5 Å². The van der Waals surface area contributed by atoms with Gasteiger partial charge in [0, 0.05) is 35.4 Å². The molecule has 0 saturated heterocycles. The zero-order valence-electron chi connectivity index (χ0n) is 16.9. The number of anilines is 1. The van der Waals surface area contributed by atoms with Gasteiger partial charge in [0.25, 0.3) is 0 Å². The highest BCUT2D eigenvalue weighted by atomic mass is 35.5. The van der Waals surface area contributed by atoms with Crippen LogP contribution in [0.3, 0.4) is 0 Å². The van der Waals surface area contributed by atoms with Gasteiger partial charge in [-0.25, -0.2) is 9.97 Å². The molecule has 4 aromatic rings. The fourth-order valence-corrected chi connectivity index (χ4v) is 5.41. The minimum absolute atomic E-state index is 0. The zero-order chi connectivity index (χ0) is 20.9. The summed E-state index contributed by atoms with van der Waals surface area (Å²) in [6.07, 6.45) is 6.30. The molecule has 5 nitrogen and oxygen atoms in total. The van der Waals surface area contributed by atoms with Crippen LogP contribution in [0.2, 0.25) is 5.02 Å². The number of thioether (sulfide) groups is 1. The molecule has 2 aromatic heterocycles. The largest absolute Gasteiger partial charge is 0.337 e. The van der Waals surface area contributed by atoms with Crippen molar-refractivity contribution >= 4 is 68.4 Å².